The highest BCUT2D eigenvalue weighted by Gasteiger charge is 2.12. The van der Waals surface area contributed by atoms with Crippen LogP contribution < -0.4 is 4.74 Å². The van der Waals surface area contributed by atoms with Gasteiger partial charge in [0.05, 0.1) is 16.0 Å². The molecular formula is C9H12BrClO2S. The van der Waals surface area contributed by atoms with E-state index in [2.05, 4.69) is 22.9 Å². The number of rotatable bonds is 4. The molecule has 1 heterocycles. The first kappa shape index (κ1) is 13.9. The zero-order chi connectivity index (χ0) is 9.84. The summed E-state index contributed by atoms with van der Waals surface area (Å²) in [5.74, 6) is 0. The molecule has 80 valence electrons. The summed E-state index contributed by atoms with van der Waals surface area (Å²) in [5.41, 5.74) is 0.964. The molecule has 5 heteroatoms. The fourth-order valence-electron chi connectivity index (χ4n) is 0.883. The van der Waals surface area contributed by atoms with Crippen molar-refractivity contribution in [3.63, 3.8) is 0 Å². The standard InChI is InChI=1S/C9H11BrO2S.ClH/c1-3-4-12-9-8(10)6(2)7(5-11)13-9;/h5H,3-4H2,1-2H3;1H. The second kappa shape index (κ2) is 6.43. The van der Waals surface area contributed by atoms with Crippen molar-refractivity contribution in [3.8, 4) is 5.06 Å². The highest BCUT2D eigenvalue weighted by Crippen LogP contribution is 2.38. The van der Waals surface area contributed by atoms with Crippen LogP contribution in [-0.2, 0) is 0 Å². The molecular weight excluding hydrogens is 288 g/mol. The maximum atomic E-state index is 10.6. The van der Waals surface area contributed by atoms with Gasteiger partial charge in [-0.25, -0.2) is 0 Å². The lowest BCUT2D eigenvalue weighted by Crippen LogP contribution is -1.92. The SMILES string of the molecule is CCCOc1sc(C=O)c(C)c1Br.Cl. The van der Waals surface area contributed by atoms with Crippen LogP contribution in [0.3, 0.4) is 0 Å². The van der Waals surface area contributed by atoms with Crippen molar-refractivity contribution < 1.29 is 9.53 Å². The molecule has 0 aromatic carbocycles. The van der Waals surface area contributed by atoms with Gasteiger partial charge in [-0.15, -0.1) is 12.4 Å². The van der Waals surface area contributed by atoms with E-state index in [1.165, 1.54) is 11.3 Å². The molecule has 14 heavy (non-hydrogen) atoms. The molecule has 0 saturated carbocycles. The van der Waals surface area contributed by atoms with Gasteiger partial charge >= 0.3 is 0 Å². The van der Waals surface area contributed by atoms with E-state index >= 15 is 0 Å². The quantitative estimate of drug-likeness (QED) is 0.790. The maximum absolute atomic E-state index is 10.6. The van der Waals surface area contributed by atoms with Crippen molar-refractivity contribution in [1.29, 1.82) is 0 Å². The monoisotopic (exact) mass is 298 g/mol. The van der Waals surface area contributed by atoms with Crippen LogP contribution in [0.4, 0.5) is 0 Å². The summed E-state index contributed by atoms with van der Waals surface area (Å²) in [4.78, 5) is 11.3. The van der Waals surface area contributed by atoms with Crippen molar-refractivity contribution in [3.05, 3.63) is 14.9 Å². The molecule has 1 rings (SSSR count). The molecule has 2 nitrogen and oxygen atoms in total. The third kappa shape index (κ3) is 2.97. The van der Waals surface area contributed by atoms with E-state index < -0.39 is 0 Å². The number of hydrogen-bond acceptors (Lipinski definition) is 3. The first-order chi connectivity index (χ1) is 6.20. The third-order valence-corrected chi connectivity index (χ3v) is 3.97. The number of thiophene rings is 1. The topological polar surface area (TPSA) is 26.3 Å². The van der Waals surface area contributed by atoms with Crippen LogP contribution in [0.5, 0.6) is 5.06 Å². The third-order valence-electron chi connectivity index (χ3n) is 1.63. The fourth-order valence-corrected chi connectivity index (χ4v) is 2.47. The summed E-state index contributed by atoms with van der Waals surface area (Å²) in [6.07, 6.45) is 1.84. The van der Waals surface area contributed by atoms with Crippen LogP contribution >= 0.6 is 39.7 Å². The van der Waals surface area contributed by atoms with Crippen LogP contribution in [0.25, 0.3) is 0 Å². The largest absolute Gasteiger partial charge is 0.483 e. The number of carbonyl (C=O) groups excluding carboxylic acids is 1. The van der Waals surface area contributed by atoms with Gasteiger partial charge in [0.2, 0.25) is 0 Å². The summed E-state index contributed by atoms with van der Waals surface area (Å²) in [5, 5.41) is 0.807. The average molecular weight is 300 g/mol. The molecule has 0 radical (unpaired) electrons. The molecule has 0 fully saturated rings. The predicted octanol–water partition coefficient (Wildman–Crippen LogP) is 3.84. The Morgan fingerprint density at radius 3 is 2.64 bits per heavy atom. The number of halogens is 2. The highest BCUT2D eigenvalue weighted by molar-refractivity contribution is 9.10. The number of ether oxygens (including phenoxy) is 1. The summed E-state index contributed by atoms with van der Waals surface area (Å²) < 4.78 is 6.37. The smallest absolute Gasteiger partial charge is 0.189 e. The predicted molar refractivity (Wildman–Crippen MR) is 65.2 cm³/mol. The minimum Gasteiger partial charge on any atom is -0.483 e. The number of carbonyl (C=O) groups is 1. The van der Waals surface area contributed by atoms with E-state index in [9.17, 15) is 4.79 Å². The van der Waals surface area contributed by atoms with Gasteiger partial charge in [0.25, 0.3) is 0 Å². The van der Waals surface area contributed by atoms with Crippen molar-refractivity contribution in [1.82, 2.24) is 0 Å². The Bertz CT molecular complexity index is 312. The zero-order valence-corrected chi connectivity index (χ0v) is 11.2. The van der Waals surface area contributed by atoms with Crippen LogP contribution in [0.15, 0.2) is 4.47 Å². The average Bonchev–Trinajstić information content (AvgIpc) is 2.41. The molecule has 0 spiro atoms. The first-order valence-electron chi connectivity index (χ1n) is 4.07. The van der Waals surface area contributed by atoms with Gasteiger partial charge in [-0.05, 0) is 34.8 Å². The van der Waals surface area contributed by atoms with Gasteiger partial charge < -0.3 is 4.74 Å². The molecule has 0 saturated heterocycles. The molecule has 0 aliphatic heterocycles. The Balaban J connectivity index is 0.00000169. The van der Waals surface area contributed by atoms with Gasteiger partial charge in [-0.1, -0.05) is 18.3 Å². The molecule has 1 aromatic heterocycles. The van der Waals surface area contributed by atoms with Gasteiger partial charge in [0, 0.05) is 0 Å². The van der Waals surface area contributed by atoms with E-state index in [4.69, 9.17) is 4.74 Å². The van der Waals surface area contributed by atoms with Crippen LogP contribution in [0, 0.1) is 6.92 Å². The van der Waals surface area contributed by atoms with Crippen LogP contribution in [0.1, 0.15) is 28.6 Å². The van der Waals surface area contributed by atoms with Crippen molar-refractivity contribution in [2.75, 3.05) is 6.61 Å². The fraction of sp³-hybridized carbons (Fsp3) is 0.444. The Labute approximate surface area is 102 Å². The van der Waals surface area contributed by atoms with Crippen LogP contribution in [0.2, 0.25) is 0 Å². The van der Waals surface area contributed by atoms with Gasteiger partial charge in [0.1, 0.15) is 0 Å². The normalized spacial score (nSPS) is 9.36. The second-order valence-electron chi connectivity index (χ2n) is 2.66. The summed E-state index contributed by atoms with van der Waals surface area (Å²) in [6, 6.07) is 0. The summed E-state index contributed by atoms with van der Waals surface area (Å²) >= 11 is 4.79. The minimum atomic E-state index is 0. The maximum Gasteiger partial charge on any atom is 0.189 e. The Morgan fingerprint density at radius 1 is 1.57 bits per heavy atom. The second-order valence-corrected chi connectivity index (χ2v) is 4.47. The Kier molecular flexibility index (Phi) is 6.40. The molecule has 0 atom stereocenters. The lowest BCUT2D eigenvalue weighted by Gasteiger charge is -2.00. The van der Waals surface area contributed by atoms with E-state index in [0.717, 1.165) is 32.7 Å². The van der Waals surface area contributed by atoms with Gasteiger partial charge in [-0.2, -0.15) is 0 Å². The Morgan fingerprint density at radius 2 is 2.21 bits per heavy atom. The lowest BCUT2D eigenvalue weighted by atomic mass is 10.3. The summed E-state index contributed by atoms with van der Waals surface area (Å²) in [7, 11) is 0. The Hall–Kier alpha value is -0.0600. The van der Waals surface area contributed by atoms with E-state index in [-0.39, 0.29) is 12.4 Å². The van der Waals surface area contributed by atoms with E-state index in [1.54, 1.807) is 0 Å². The van der Waals surface area contributed by atoms with Gasteiger partial charge in [0.15, 0.2) is 11.3 Å². The van der Waals surface area contributed by atoms with Crippen LogP contribution in [-0.4, -0.2) is 12.9 Å². The van der Waals surface area contributed by atoms with Crippen molar-refractivity contribution in [2.24, 2.45) is 0 Å². The molecule has 1 aromatic rings. The molecule has 0 aliphatic carbocycles. The minimum absolute atomic E-state index is 0. The summed E-state index contributed by atoms with van der Waals surface area (Å²) in [6.45, 7) is 4.65. The molecule has 0 unspecified atom stereocenters. The number of hydrogen-bond donors (Lipinski definition) is 0. The van der Waals surface area contributed by atoms with Gasteiger partial charge in [-0.3, -0.25) is 4.79 Å². The van der Waals surface area contributed by atoms with E-state index in [0.29, 0.717) is 6.61 Å². The molecule has 0 N–H and O–H groups in total. The van der Waals surface area contributed by atoms with Crippen molar-refractivity contribution in [2.45, 2.75) is 20.3 Å². The first-order valence-corrected chi connectivity index (χ1v) is 5.68. The lowest BCUT2D eigenvalue weighted by molar-refractivity contribution is 0.112. The molecule has 0 aliphatic rings. The highest BCUT2D eigenvalue weighted by atomic mass is 79.9. The molecule has 0 amide bonds. The van der Waals surface area contributed by atoms with E-state index in [1.807, 2.05) is 6.92 Å². The van der Waals surface area contributed by atoms with Crippen molar-refractivity contribution >= 4 is 46.0 Å². The molecule has 0 bridgehead atoms. The zero-order valence-electron chi connectivity index (χ0n) is 8.00. The number of aldehydes is 1.